The van der Waals surface area contributed by atoms with E-state index in [1.165, 1.54) is 5.06 Å². The van der Waals surface area contributed by atoms with Gasteiger partial charge >= 0.3 is 0 Å². The Morgan fingerprint density at radius 1 is 0.759 bits per heavy atom. The number of amidine groups is 1. The number of fused-ring (bicyclic) bond motifs is 1. The minimum Gasteiger partial charge on any atom is -0.350 e. The van der Waals surface area contributed by atoms with Crippen LogP contribution in [0.4, 0.5) is 0 Å². The van der Waals surface area contributed by atoms with Crippen molar-refractivity contribution in [2.24, 2.45) is 17.3 Å². The van der Waals surface area contributed by atoms with Crippen LogP contribution >= 0.6 is 0 Å². The smallest absolute Gasteiger partial charge is 0.182 e. The molecular formula is C24H20N4O. The van der Waals surface area contributed by atoms with Crippen LogP contribution in [0.5, 0.6) is 0 Å². The van der Waals surface area contributed by atoms with Crippen LogP contribution in [0.15, 0.2) is 101 Å². The van der Waals surface area contributed by atoms with Crippen LogP contribution in [0.3, 0.4) is 0 Å². The second-order valence-corrected chi connectivity index (χ2v) is 7.10. The second kappa shape index (κ2) is 7.04. The average Bonchev–Trinajstić information content (AvgIpc) is 3.11. The van der Waals surface area contributed by atoms with Crippen LogP contribution in [0.1, 0.15) is 22.7 Å². The molecule has 0 amide bonds. The first-order chi connectivity index (χ1) is 14.2. The van der Waals surface area contributed by atoms with E-state index in [-0.39, 0.29) is 0 Å². The second-order valence-electron chi connectivity index (χ2n) is 7.10. The van der Waals surface area contributed by atoms with E-state index in [2.05, 4.69) is 33.1 Å². The first-order valence-electron chi connectivity index (χ1n) is 9.52. The van der Waals surface area contributed by atoms with Crippen molar-refractivity contribution in [3.8, 4) is 0 Å². The lowest BCUT2D eigenvalue weighted by atomic mass is 9.94. The van der Waals surface area contributed by atoms with E-state index in [0.29, 0.717) is 11.5 Å². The molecular weight excluding hydrogens is 360 g/mol. The van der Waals surface area contributed by atoms with E-state index >= 15 is 0 Å². The maximum Gasteiger partial charge on any atom is 0.182 e. The monoisotopic (exact) mass is 380 g/mol. The maximum absolute atomic E-state index is 11.3. The minimum atomic E-state index is -0.476. The molecule has 29 heavy (non-hydrogen) atoms. The molecule has 5 heteroatoms. The van der Waals surface area contributed by atoms with Gasteiger partial charge < -0.3 is 4.57 Å². The van der Waals surface area contributed by atoms with E-state index in [4.69, 9.17) is 0 Å². The molecule has 3 aromatic carbocycles. The zero-order chi connectivity index (χ0) is 19.8. The van der Waals surface area contributed by atoms with E-state index in [1.54, 1.807) is 0 Å². The third-order valence-electron chi connectivity index (χ3n) is 5.30. The fraction of sp³-hybridized carbons (Fsp3) is 0.0833. The van der Waals surface area contributed by atoms with Gasteiger partial charge in [-0.2, -0.15) is 5.10 Å². The zero-order valence-electron chi connectivity index (χ0n) is 16.0. The summed E-state index contributed by atoms with van der Waals surface area (Å²) in [6.07, 6.45) is 2.06. The summed E-state index contributed by atoms with van der Waals surface area (Å²) >= 11 is 0. The lowest BCUT2D eigenvalue weighted by Gasteiger charge is -2.31. The maximum atomic E-state index is 11.3. The van der Waals surface area contributed by atoms with Crippen LogP contribution in [-0.4, -0.2) is 26.4 Å². The first kappa shape index (κ1) is 17.4. The van der Waals surface area contributed by atoms with Gasteiger partial charge in [-0.15, -0.1) is 5.10 Å². The number of benzene rings is 3. The van der Waals surface area contributed by atoms with Gasteiger partial charge in [-0.25, -0.2) is 5.06 Å². The SMILES string of the molecule is Cn1cc(C2C(c3ccccc3)=NN=C(c3ccccc3)N2O)c2ccccc21. The Bertz CT molecular complexity index is 1230. The molecule has 1 aromatic heterocycles. The summed E-state index contributed by atoms with van der Waals surface area (Å²) in [7, 11) is 2.02. The molecule has 0 saturated heterocycles. The topological polar surface area (TPSA) is 53.1 Å². The lowest BCUT2D eigenvalue weighted by Crippen LogP contribution is -2.39. The van der Waals surface area contributed by atoms with E-state index in [9.17, 15) is 5.21 Å². The normalized spacial score (nSPS) is 16.6. The molecule has 0 fully saturated rings. The molecule has 1 atom stereocenters. The fourth-order valence-corrected chi connectivity index (χ4v) is 3.91. The Hall–Kier alpha value is -3.70. The number of aromatic nitrogens is 1. The highest BCUT2D eigenvalue weighted by molar-refractivity contribution is 6.12. The van der Waals surface area contributed by atoms with Crippen LogP contribution in [0.25, 0.3) is 10.9 Å². The first-order valence-corrected chi connectivity index (χ1v) is 9.52. The highest BCUT2D eigenvalue weighted by Gasteiger charge is 2.34. The molecule has 4 aromatic rings. The number of para-hydroxylation sites is 1. The molecule has 0 bridgehead atoms. The van der Waals surface area contributed by atoms with Gasteiger partial charge in [-0.05, 0) is 6.07 Å². The quantitative estimate of drug-likeness (QED) is 0.556. The molecule has 1 N–H and O–H groups in total. The van der Waals surface area contributed by atoms with E-state index in [0.717, 1.165) is 27.6 Å². The molecule has 0 saturated carbocycles. The fourth-order valence-electron chi connectivity index (χ4n) is 3.91. The van der Waals surface area contributed by atoms with Gasteiger partial charge in [-0.1, -0.05) is 78.9 Å². The van der Waals surface area contributed by atoms with Crippen LogP contribution in [0.2, 0.25) is 0 Å². The van der Waals surface area contributed by atoms with Gasteiger partial charge in [0.05, 0.1) is 0 Å². The standard InChI is InChI=1S/C24H20N4O/c1-27-16-20(19-14-8-9-15-21(19)27)23-22(17-10-4-2-5-11-17)25-26-24(28(23)29)18-12-6-3-7-13-18/h2-16,23,29H,1H3. The van der Waals surface area contributed by atoms with Crippen molar-refractivity contribution in [3.63, 3.8) is 0 Å². The molecule has 0 radical (unpaired) electrons. The van der Waals surface area contributed by atoms with Gasteiger partial charge in [-0.3, -0.25) is 5.21 Å². The van der Waals surface area contributed by atoms with Crippen molar-refractivity contribution >= 4 is 22.5 Å². The summed E-state index contributed by atoms with van der Waals surface area (Å²) < 4.78 is 2.08. The molecule has 1 unspecified atom stereocenters. The predicted molar refractivity (Wildman–Crippen MR) is 115 cm³/mol. The van der Waals surface area contributed by atoms with Crippen molar-refractivity contribution in [1.29, 1.82) is 0 Å². The van der Waals surface area contributed by atoms with Gasteiger partial charge in [0.15, 0.2) is 5.84 Å². The van der Waals surface area contributed by atoms with Crippen molar-refractivity contribution in [1.82, 2.24) is 9.63 Å². The molecule has 142 valence electrons. The minimum absolute atomic E-state index is 0.434. The number of hydrogen-bond acceptors (Lipinski definition) is 4. The molecule has 5 nitrogen and oxygen atoms in total. The predicted octanol–water partition coefficient (Wildman–Crippen LogP) is 4.78. The molecule has 1 aliphatic rings. The Balaban J connectivity index is 1.72. The Morgan fingerprint density at radius 3 is 2.10 bits per heavy atom. The highest BCUT2D eigenvalue weighted by Crippen LogP contribution is 2.34. The average molecular weight is 380 g/mol. The van der Waals surface area contributed by atoms with Crippen molar-refractivity contribution < 1.29 is 5.21 Å². The van der Waals surface area contributed by atoms with Crippen LogP contribution in [-0.2, 0) is 7.05 Å². The third kappa shape index (κ3) is 2.92. The number of hydrogen-bond donors (Lipinski definition) is 1. The molecule has 0 spiro atoms. The van der Waals surface area contributed by atoms with E-state index < -0.39 is 6.04 Å². The summed E-state index contributed by atoms with van der Waals surface area (Å²) in [5, 5.41) is 22.6. The Morgan fingerprint density at radius 2 is 1.38 bits per heavy atom. The van der Waals surface area contributed by atoms with Gasteiger partial charge in [0.2, 0.25) is 0 Å². The summed E-state index contributed by atoms with van der Waals surface area (Å²) in [5.41, 5.74) is 4.55. The van der Waals surface area contributed by atoms with Gasteiger partial charge in [0, 0.05) is 40.8 Å². The van der Waals surface area contributed by atoms with Crippen LogP contribution in [0, 0.1) is 0 Å². The Kier molecular flexibility index (Phi) is 4.22. The highest BCUT2D eigenvalue weighted by atomic mass is 16.5. The van der Waals surface area contributed by atoms with Gasteiger partial charge in [0.25, 0.3) is 0 Å². The number of hydroxylamine groups is 2. The van der Waals surface area contributed by atoms with Crippen LogP contribution < -0.4 is 0 Å². The van der Waals surface area contributed by atoms with Gasteiger partial charge in [0.1, 0.15) is 11.8 Å². The number of aryl methyl sites for hydroxylation is 1. The molecule has 0 aliphatic carbocycles. The molecule has 2 heterocycles. The molecule has 1 aliphatic heterocycles. The summed E-state index contributed by atoms with van der Waals surface area (Å²) in [6, 6.07) is 27.2. The largest absolute Gasteiger partial charge is 0.350 e. The number of rotatable bonds is 3. The lowest BCUT2D eigenvalue weighted by molar-refractivity contribution is -0.0343. The summed E-state index contributed by atoms with van der Waals surface area (Å²) in [5.74, 6) is 0.434. The third-order valence-corrected chi connectivity index (χ3v) is 5.30. The van der Waals surface area contributed by atoms with Crippen molar-refractivity contribution in [3.05, 3.63) is 108 Å². The number of nitrogens with zero attached hydrogens (tertiary/aromatic N) is 4. The summed E-state index contributed by atoms with van der Waals surface area (Å²) in [4.78, 5) is 0. The summed E-state index contributed by atoms with van der Waals surface area (Å²) in [6.45, 7) is 0. The zero-order valence-corrected chi connectivity index (χ0v) is 16.0. The van der Waals surface area contributed by atoms with Crippen molar-refractivity contribution in [2.45, 2.75) is 6.04 Å². The molecule has 5 rings (SSSR count). The van der Waals surface area contributed by atoms with Crippen molar-refractivity contribution in [2.75, 3.05) is 0 Å². The van der Waals surface area contributed by atoms with E-state index in [1.807, 2.05) is 79.8 Å². The Labute approximate surface area is 168 Å².